The number of aromatic nitrogens is 1. The quantitative estimate of drug-likeness (QED) is 0.638. The summed E-state index contributed by atoms with van der Waals surface area (Å²) in [6.07, 6.45) is 3.79. The molecule has 22 heavy (non-hydrogen) atoms. The van der Waals surface area contributed by atoms with Crippen molar-refractivity contribution in [3.63, 3.8) is 0 Å². The van der Waals surface area contributed by atoms with Gasteiger partial charge in [0.05, 0.1) is 9.48 Å². The average Bonchev–Trinajstić information content (AvgIpc) is 3.12. The fourth-order valence-electron chi connectivity index (χ4n) is 1.92. The number of carbonyl (C=O) groups is 1. The van der Waals surface area contributed by atoms with Crippen molar-refractivity contribution in [2.45, 2.75) is 0 Å². The van der Waals surface area contributed by atoms with Crippen LogP contribution in [-0.2, 0) is 0 Å². The number of hydrogen-bond donors (Lipinski definition) is 1. The van der Waals surface area contributed by atoms with E-state index in [1.54, 1.807) is 11.3 Å². The second-order valence-corrected chi connectivity index (χ2v) is 7.90. The van der Waals surface area contributed by atoms with E-state index in [1.165, 1.54) is 11.3 Å². The lowest BCUT2D eigenvalue weighted by Gasteiger charge is -1.97. The van der Waals surface area contributed by atoms with Crippen LogP contribution in [0.5, 0.6) is 0 Å². The smallest absolute Gasteiger partial charge is 0.348 e. The molecule has 6 heteroatoms. The Kier molecular flexibility index (Phi) is 4.52. The van der Waals surface area contributed by atoms with Crippen LogP contribution >= 0.6 is 38.6 Å². The van der Waals surface area contributed by atoms with Crippen molar-refractivity contribution in [3.8, 4) is 11.3 Å². The number of carboxylic acid groups (broad SMARTS) is 1. The standard InChI is InChI=1S/C16H10BrNO2S2/c17-12-8-6-11(21-12)7-9-13-18-14(15(22-13)16(19)20)10-4-2-1-3-5-10/h1-9H,(H,19,20)/b9-7+. The summed E-state index contributed by atoms with van der Waals surface area (Å²) in [4.78, 5) is 17.2. The van der Waals surface area contributed by atoms with Gasteiger partial charge in [-0.3, -0.25) is 0 Å². The minimum absolute atomic E-state index is 0.262. The summed E-state index contributed by atoms with van der Waals surface area (Å²) in [6.45, 7) is 0. The van der Waals surface area contributed by atoms with Gasteiger partial charge < -0.3 is 5.11 Å². The molecule has 1 aromatic carbocycles. The maximum atomic E-state index is 11.4. The molecule has 0 bridgehead atoms. The molecule has 0 aliphatic rings. The van der Waals surface area contributed by atoms with Crippen molar-refractivity contribution < 1.29 is 9.90 Å². The van der Waals surface area contributed by atoms with E-state index in [1.807, 2.05) is 54.6 Å². The summed E-state index contributed by atoms with van der Waals surface area (Å²) in [5, 5.41) is 10.1. The van der Waals surface area contributed by atoms with Gasteiger partial charge in [-0.1, -0.05) is 30.3 Å². The zero-order valence-electron chi connectivity index (χ0n) is 11.2. The average molecular weight is 392 g/mol. The molecule has 3 nitrogen and oxygen atoms in total. The molecule has 0 unspecified atom stereocenters. The first-order chi connectivity index (χ1) is 10.6. The molecule has 110 valence electrons. The van der Waals surface area contributed by atoms with Crippen molar-refractivity contribution in [2.24, 2.45) is 0 Å². The van der Waals surface area contributed by atoms with E-state index < -0.39 is 5.97 Å². The highest BCUT2D eigenvalue weighted by atomic mass is 79.9. The topological polar surface area (TPSA) is 50.2 Å². The molecule has 0 fully saturated rings. The number of thiophene rings is 1. The number of benzene rings is 1. The summed E-state index contributed by atoms with van der Waals surface area (Å²) >= 11 is 6.21. The summed E-state index contributed by atoms with van der Waals surface area (Å²) in [7, 11) is 0. The van der Waals surface area contributed by atoms with Gasteiger partial charge in [0.2, 0.25) is 0 Å². The zero-order chi connectivity index (χ0) is 15.5. The highest BCUT2D eigenvalue weighted by Gasteiger charge is 2.17. The number of hydrogen-bond acceptors (Lipinski definition) is 4. The number of nitrogens with zero attached hydrogens (tertiary/aromatic N) is 1. The van der Waals surface area contributed by atoms with Crippen LogP contribution in [0.2, 0.25) is 0 Å². The predicted octanol–water partition coefficient (Wildman–Crippen LogP) is 5.50. The van der Waals surface area contributed by atoms with Gasteiger partial charge in [-0.25, -0.2) is 9.78 Å². The molecule has 1 N–H and O–H groups in total. The Morgan fingerprint density at radius 1 is 1.09 bits per heavy atom. The summed E-state index contributed by atoms with van der Waals surface area (Å²) in [5.74, 6) is -0.949. The minimum atomic E-state index is -0.949. The molecule has 0 amide bonds. The fourth-order valence-corrected chi connectivity index (χ4v) is 4.07. The van der Waals surface area contributed by atoms with Gasteiger partial charge >= 0.3 is 5.97 Å². The highest BCUT2D eigenvalue weighted by Crippen LogP contribution is 2.30. The Bertz CT molecular complexity index is 837. The molecular weight excluding hydrogens is 382 g/mol. The Morgan fingerprint density at radius 3 is 2.50 bits per heavy atom. The van der Waals surface area contributed by atoms with Crippen LogP contribution in [0.3, 0.4) is 0 Å². The molecule has 0 radical (unpaired) electrons. The molecular formula is C16H10BrNO2S2. The zero-order valence-corrected chi connectivity index (χ0v) is 14.4. The monoisotopic (exact) mass is 391 g/mol. The van der Waals surface area contributed by atoms with Crippen LogP contribution in [0.1, 0.15) is 19.6 Å². The van der Waals surface area contributed by atoms with Gasteiger partial charge in [-0.05, 0) is 40.2 Å². The van der Waals surface area contributed by atoms with Gasteiger partial charge in [0, 0.05) is 10.4 Å². The lowest BCUT2D eigenvalue weighted by atomic mass is 10.1. The second-order valence-electron chi connectivity index (χ2n) is 4.38. The van der Waals surface area contributed by atoms with Crippen LogP contribution in [0.25, 0.3) is 23.4 Å². The van der Waals surface area contributed by atoms with Crippen LogP contribution in [-0.4, -0.2) is 16.1 Å². The van der Waals surface area contributed by atoms with Gasteiger partial charge in [0.25, 0.3) is 0 Å². The van der Waals surface area contributed by atoms with Gasteiger partial charge in [-0.15, -0.1) is 22.7 Å². The van der Waals surface area contributed by atoms with Gasteiger partial charge in [0.1, 0.15) is 9.88 Å². The maximum Gasteiger partial charge on any atom is 0.348 e. The third-order valence-electron chi connectivity index (χ3n) is 2.87. The Labute approximate surface area is 143 Å². The highest BCUT2D eigenvalue weighted by molar-refractivity contribution is 9.11. The van der Waals surface area contributed by atoms with Crippen molar-refractivity contribution >= 4 is 56.7 Å². The molecule has 3 aromatic rings. The number of thiazole rings is 1. The first-order valence-electron chi connectivity index (χ1n) is 6.36. The van der Waals surface area contributed by atoms with Crippen molar-refractivity contribution in [1.82, 2.24) is 4.98 Å². The van der Waals surface area contributed by atoms with Crippen molar-refractivity contribution in [3.05, 3.63) is 61.0 Å². The number of rotatable bonds is 4. The largest absolute Gasteiger partial charge is 0.477 e. The summed E-state index contributed by atoms with van der Waals surface area (Å²) in [5.41, 5.74) is 1.33. The summed E-state index contributed by atoms with van der Waals surface area (Å²) < 4.78 is 1.06. The fraction of sp³-hybridized carbons (Fsp3) is 0. The van der Waals surface area contributed by atoms with Crippen LogP contribution in [0.15, 0.2) is 46.3 Å². The predicted molar refractivity (Wildman–Crippen MR) is 95.5 cm³/mol. The molecule has 2 heterocycles. The molecule has 3 rings (SSSR count). The van der Waals surface area contributed by atoms with Crippen LogP contribution in [0.4, 0.5) is 0 Å². The number of halogens is 1. The van der Waals surface area contributed by atoms with E-state index in [4.69, 9.17) is 0 Å². The van der Waals surface area contributed by atoms with E-state index in [-0.39, 0.29) is 4.88 Å². The van der Waals surface area contributed by atoms with E-state index in [0.717, 1.165) is 14.2 Å². The SMILES string of the molecule is O=C(O)c1sc(/C=C/c2ccc(Br)s2)nc1-c1ccccc1. The van der Waals surface area contributed by atoms with Crippen molar-refractivity contribution in [2.75, 3.05) is 0 Å². The van der Waals surface area contributed by atoms with Gasteiger partial charge in [-0.2, -0.15) is 0 Å². The second kappa shape index (κ2) is 6.56. The Hall–Kier alpha value is -1.76. The van der Waals surface area contributed by atoms with E-state index >= 15 is 0 Å². The Morgan fingerprint density at radius 2 is 1.86 bits per heavy atom. The molecule has 0 aliphatic carbocycles. The summed E-state index contributed by atoms with van der Waals surface area (Å²) in [6, 6.07) is 13.3. The van der Waals surface area contributed by atoms with E-state index in [9.17, 15) is 9.90 Å². The van der Waals surface area contributed by atoms with E-state index in [2.05, 4.69) is 20.9 Å². The lowest BCUT2D eigenvalue weighted by Crippen LogP contribution is -1.95. The molecule has 0 atom stereocenters. The number of aromatic carboxylic acids is 1. The molecule has 2 aromatic heterocycles. The normalized spacial score (nSPS) is 11.1. The molecule has 0 spiro atoms. The van der Waals surface area contributed by atoms with Crippen LogP contribution in [0, 0.1) is 0 Å². The first kappa shape index (κ1) is 15.1. The van der Waals surface area contributed by atoms with Gasteiger partial charge in [0.15, 0.2) is 0 Å². The Balaban J connectivity index is 1.97. The first-order valence-corrected chi connectivity index (χ1v) is 8.79. The van der Waals surface area contributed by atoms with Crippen molar-refractivity contribution in [1.29, 1.82) is 0 Å². The third-order valence-corrected chi connectivity index (χ3v) is 5.47. The molecule has 0 aliphatic heterocycles. The maximum absolute atomic E-state index is 11.4. The molecule has 0 saturated carbocycles. The third kappa shape index (κ3) is 3.35. The van der Waals surface area contributed by atoms with Crippen LogP contribution < -0.4 is 0 Å². The lowest BCUT2D eigenvalue weighted by molar-refractivity contribution is 0.0702. The van der Waals surface area contributed by atoms with E-state index in [0.29, 0.717) is 10.7 Å². The number of carboxylic acids is 1. The molecule has 0 saturated heterocycles. The minimum Gasteiger partial charge on any atom is -0.477 e.